The van der Waals surface area contributed by atoms with E-state index in [1.165, 1.54) is 46.0 Å². The van der Waals surface area contributed by atoms with Crippen LogP contribution in [0, 0.1) is 0 Å². The van der Waals surface area contributed by atoms with E-state index in [0.717, 1.165) is 0 Å². The third-order valence-corrected chi connectivity index (χ3v) is 3.35. The van der Waals surface area contributed by atoms with Gasteiger partial charge in [0, 0.05) is 5.56 Å². The minimum absolute atomic E-state index is 0.0196. The first kappa shape index (κ1) is 17.8. The first-order valence-corrected chi connectivity index (χ1v) is 7.12. The average Bonchev–Trinajstić information content (AvgIpc) is 2.44. The van der Waals surface area contributed by atoms with Crippen LogP contribution in [0.1, 0.15) is 48.5 Å². The van der Waals surface area contributed by atoms with Crippen molar-refractivity contribution >= 4 is 12.0 Å². The zero-order chi connectivity index (χ0) is 16.5. The Bertz CT molecular complexity index is 532. The molecular formula is C16H23NO5. The average molecular weight is 309 g/mol. The normalized spacial score (nSPS) is 12.9. The second kappa shape index (κ2) is 8.94. The molecule has 3 N–H and O–H groups in total. The van der Waals surface area contributed by atoms with Crippen LogP contribution in [0.5, 0.6) is 17.2 Å². The highest BCUT2D eigenvalue weighted by Crippen LogP contribution is 2.42. The van der Waals surface area contributed by atoms with Crippen LogP contribution in [0.25, 0.3) is 6.08 Å². The monoisotopic (exact) mass is 309 g/mol. The predicted molar refractivity (Wildman–Crippen MR) is 84.5 cm³/mol. The van der Waals surface area contributed by atoms with Crippen LogP contribution in [0.15, 0.2) is 12.1 Å². The fourth-order valence-electron chi connectivity index (χ4n) is 1.85. The van der Waals surface area contributed by atoms with Crippen LogP contribution >= 0.6 is 0 Å². The molecule has 2 rings (SSSR count). The number of rotatable bonds is 5. The van der Waals surface area contributed by atoms with Crippen LogP contribution in [-0.2, 0) is 0 Å². The summed E-state index contributed by atoms with van der Waals surface area (Å²) in [4.78, 5) is 15.9. The zero-order valence-corrected chi connectivity index (χ0v) is 13.2. The Balaban J connectivity index is 0.000000519. The van der Waals surface area contributed by atoms with Gasteiger partial charge in [-0.05, 0) is 13.0 Å². The lowest BCUT2D eigenvalue weighted by Crippen LogP contribution is -2.10. The van der Waals surface area contributed by atoms with Gasteiger partial charge in [0.25, 0.3) is 0 Å². The van der Waals surface area contributed by atoms with Gasteiger partial charge in [0.2, 0.25) is 11.5 Å². The molecule has 0 radical (unpaired) electrons. The van der Waals surface area contributed by atoms with Crippen molar-refractivity contribution in [1.29, 1.82) is 0 Å². The summed E-state index contributed by atoms with van der Waals surface area (Å²) < 4.78 is 10.2. The topological polar surface area (TPSA) is 91.0 Å². The molecule has 22 heavy (non-hydrogen) atoms. The van der Waals surface area contributed by atoms with Gasteiger partial charge in [-0.2, -0.15) is 5.90 Å². The number of carbonyl (C=O) groups is 1. The first-order chi connectivity index (χ1) is 10.6. The highest BCUT2D eigenvalue weighted by atomic mass is 16.6. The molecule has 0 unspecified atom stereocenters. The smallest absolute Gasteiger partial charge is 0.336 e. The van der Waals surface area contributed by atoms with E-state index in [4.69, 9.17) is 25.3 Å². The van der Waals surface area contributed by atoms with Gasteiger partial charge in [0.1, 0.15) is 0 Å². The summed E-state index contributed by atoms with van der Waals surface area (Å²) >= 11 is 0. The largest absolute Gasteiger partial charge is 0.493 e. The molecule has 1 aromatic rings. The summed E-state index contributed by atoms with van der Waals surface area (Å²) in [5, 5.41) is 9.17. The van der Waals surface area contributed by atoms with Gasteiger partial charge >= 0.3 is 5.97 Å². The van der Waals surface area contributed by atoms with Crippen LogP contribution < -0.4 is 20.2 Å². The van der Waals surface area contributed by atoms with Crippen molar-refractivity contribution in [2.45, 2.75) is 32.6 Å². The number of ether oxygens (including phenoxy) is 2. The lowest BCUT2D eigenvalue weighted by atomic mass is 10.0. The van der Waals surface area contributed by atoms with Gasteiger partial charge in [-0.3, -0.25) is 0 Å². The highest BCUT2D eigenvalue weighted by molar-refractivity contribution is 5.95. The van der Waals surface area contributed by atoms with Gasteiger partial charge in [0.15, 0.2) is 5.75 Å². The van der Waals surface area contributed by atoms with Crippen molar-refractivity contribution in [3.05, 3.63) is 23.3 Å². The Morgan fingerprint density at radius 1 is 1.18 bits per heavy atom. The first-order valence-electron chi connectivity index (χ1n) is 7.12. The molecule has 0 aliphatic heterocycles. The standard InChI is InChI=1S/C12H15NO5.C4H8/c1-4-5-7-8(12(14)15)6-9(16-2)11(17-3)10(7)18-13;1-2-4-3-1/h4-6H,13H2,1-3H3,(H,14,15);1-4H2/b5-4-;. The number of methoxy groups -OCH3 is 2. The van der Waals surface area contributed by atoms with Gasteiger partial charge in [0.05, 0.1) is 19.8 Å². The fraction of sp³-hybridized carbons (Fsp3) is 0.438. The van der Waals surface area contributed by atoms with Gasteiger partial charge in [-0.1, -0.05) is 37.8 Å². The van der Waals surface area contributed by atoms with Gasteiger partial charge in [-0.15, -0.1) is 0 Å². The van der Waals surface area contributed by atoms with E-state index in [9.17, 15) is 4.79 Å². The third kappa shape index (κ3) is 4.14. The molecule has 0 spiro atoms. The van der Waals surface area contributed by atoms with Crippen molar-refractivity contribution in [3.8, 4) is 17.2 Å². The highest BCUT2D eigenvalue weighted by Gasteiger charge is 2.22. The molecule has 0 atom stereocenters. The molecule has 1 aliphatic rings. The Kier molecular flexibility index (Phi) is 7.25. The van der Waals surface area contributed by atoms with Crippen molar-refractivity contribution in [3.63, 3.8) is 0 Å². The summed E-state index contributed by atoms with van der Waals surface area (Å²) in [7, 11) is 2.82. The maximum atomic E-state index is 11.2. The summed E-state index contributed by atoms with van der Waals surface area (Å²) in [5.74, 6) is 4.68. The molecule has 0 saturated heterocycles. The van der Waals surface area contributed by atoms with Gasteiger partial charge in [-0.25, -0.2) is 4.79 Å². The Hall–Kier alpha value is -2.21. The Morgan fingerprint density at radius 2 is 1.77 bits per heavy atom. The van der Waals surface area contributed by atoms with E-state index >= 15 is 0 Å². The molecule has 6 nitrogen and oxygen atoms in total. The van der Waals surface area contributed by atoms with E-state index in [2.05, 4.69) is 0 Å². The van der Waals surface area contributed by atoms with Crippen LogP contribution in [0.2, 0.25) is 0 Å². The Labute approximate surface area is 130 Å². The number of carboxylic acid groups (broad SMARTS) is 1. The molecule has 1 fully saturated rings. The van der Waals surface area contributed by atoms with Crippen LogP contribution in [0.4, 0.5) is 0 Å². The molecule has 1 aliphatic carbocycles. The third-order valence-electron chi connectivity index (χ3n) is 3.35. The molecule has 6 heteroatoms. The number of carboxylic acids is 1. The molecule has 0 amide bonds. The lowest BCUT2D eigenvalue weighted by molar-refractivity contribution is 0.0695. The van der Waals surface area contributed by atoms with E-state index < -0.39 is 5.97 Å². The SMILES string of the molecule is C/C=C\c1c(C(=O)O)cc(OC)c(OC)c1ON.C1CCC1. The second-order valence-corrected chi connectivity index (χ2v) is 4.74. The predicted octanol–water partition coefficient (Wildman–Crippen LogP) is 3.25. The molecule has 0 aromatic heterocycles. The number of aromatic carboxylic acids is 1. The lowest BCUT2D eigenvalue weighted by Gasteiger charge is -2.15. The Morgan fingerprint density at radius 3 is 2.09 bits per heavy atom. The molecule has 0 bridgehead atoms. The molecule has 1 saturated carbocycles. The molecule has 1 aromatic carbocycles. The second-order valence-electron chi connectivity index (χ2n) is 4.74. The van der Waals surface area contributed by atoms with E-state index in [1.54, 1.807) is 19.1 Å². The summed E-state index contributed by atoms with van der Waals surface area (Å²) in [6, 6.07) is 1.36. The van der Waals surface area contributed by atoms with Crippen LogP contribution in [0.3, 0.4) is 0 Å². The number of hydrogen-bond donors (Lipinski definition) is 2. The van der Waals surface area contributed by atoms with Crippen molar-refractivity contribution in [1.82, 2.24) is 0 Å². The van der Waals surface area contributed by atoms with Crippen molar-refractivity contribution < 1.29 is 24.2 Å². The minimum Gasteiger partial charge on any atom is -0.493 e. The van der Waals surface area contributed by atoms with Crippen molar-refractivity contribution in [2.75, 3.05) is 14.2 Å². The molecule has 0 heterocycles. The number of allylic oxidation sites excluding steroid dienone is 1. The number of nitrogens with two attached hydrogens (primary N) is 1. The van der Waals surface area contributed by atoms with Gasteiger partial charge < -0.3 is 19.4 Å². The maximum absolute atomic E-state index is 11.2. The number of benzene rings is 1. The minimum atomic E-state index is -1.11. The van der Waals surface area contributed by atoms with E-state index in [0.29, 0.717) is 5.56 Å². The fourth-order valence-corrected chi connectivity index (χ4v) is 1.85. The van der Waals surface area contributed by atoms with Crippen LogP contribution in [-0.4, -0.2) is 25.3 Å². The van der Waals surface area contributed by atoms with E-state index in [1.807, 2.05) is 0 Å². The summed E-state index contributed by atoms with van der Waals surface area (Å²) in [6.45, 7) is 1.75. The number of hydrogen-bond acceptors (Lipinski definition) is 5. The summed E-state index contributed by atoms with van der Waals surface area (Å²) in [5.41, 5.74) is 0.344. The van der Waals surface area contributed by atoms with Crippen molar-refractivity contribution in [2.24, 2.45) is 5.90 Å². The summed E-state index contributed by atoms with van der Waals surface area (Å²) in [6.07, 6.45) is 9.25. The zero-order valence-electron chi connectivity index (χ0n) is 13.2. The molecular weight excluding hydrogens is 286 g/mol. The maximum Gasteiger partial charge on any atom is 0.336 e. The quantitative estimate of drug-likeness (QED) is 0.811. The molecule has 122 valence electrons. The van der Waals surface area contributed by atoms with E-state index in [-0.39, 0.29) is 22.8 Å².